The molecule has 2 aromatic rings. The molecule has 5 atom stereocenters. The summed E-state index contributed by atoms with van der Waals surface area (Å²) in [5.41, 5.74) is -0.388. The number of carbonyl (C=O) groups is 3. The molecular weight excluding hydrogens is 572 g/mol. The van der Waals surface area contributed by atoms with E-state index in [0.717, 1.165) is 30.3 Å². The van der Waals surface area contributed by atoms with Crippen LogP contribution in [0.2, 0.25) is 0 Å². The fourth-order valence-corrected chi connectivity index (χ4v) is 8.00. The molecule has 2 unspecified atom stereocenters. The van der Waals surface area contributed by atoms with Gasteiger partial charge >= 0.3 is 0 Å². The molecule has 1 spiro atoms. The van der Waals surface area contributed by atoms with Gasteiger partial charge in [0, 0.05) is 32.8 Å². The molecule has 3 aliphatic heterocycles. The minimum Gasteiger partial charge on any atom is -0.396 e. The van der Waals surface area contributed by atoms with Gasteiger partial charge in [-0.3, -0.25) is 14.4 Å². The van der Waals surface area contributed by atoms with Gasteiger partial charge in [-0.05, 0) is 50.7 Å². The predicted octanol–water partition coefficient (Wildman–Crippen LogP) is 3.54. The Bertz CT molecular complexity index is 1410. The van der Waals surface area contributed by atoms with Crippen LogP contribution in [0.5, 0.6) is 0 Å². The summed E-state index contributed by atoms with van der Waals surface area (Å²) < 4.78 is 8.68. The predicted molar refractivity (Wildman–Crippen MR) is 171 cm³/mol. The normalized spacial score (nSPS) is 26.8. The number of fused-ring (bicyclic) bond motifs is 2. The summed E-state index contributed by atoms with van der Waals surface area (Å²) >= 11 is 0. The molecule has 11 heteroatoms. The van der Waals surface area contributed by atoms with Gasteiger partial charge in [-0.1, -0.05) is 56.2 Å². The molecule has 1 aromatic heterocycles. The second-order valence-corrected chi connectivity index (χ2v) is 12.6. The second kappa shape index (κ2) is 13.8. The van der Waals surface area contributed by atoms with E-state index in [2.05, 4.69) is 23.5 Å². The highest BCUT2D eigenvalue weighted by Gasteiger charge is 2.79. The van der Waals surface area contributed by atoms with Crippen LogP contribution in [0.4, 0.5) is 0 Å². The lowest BCUT2D eigenvalue weighted by atomic mass is 9.64. The molecule has 5 rings (SSSR count). The van der Waals surface area contributed by atoms with E-state index in [-0.39, 0.29) is 37.5 Å². The quantitative estimate of drug-likeness (QED) is 0.212. The van der Waals surface area contributed by atoms with Crippen molar-refractivity contribution in [3.8, 4) is 0 Å². The van der Waals surface area contributed by atoms with E-state index in [1.807, 2.05) is 38.1 Å². The van der Waals surface area contributed by atoms with Gasteiger partial charge in [0.2, 0.25) is 17.7 Å². The first-order valence-electron chi connectivity index (χ1n) is 16.5. The molecule has 244 valence electrons. The first-order valence-corrected chi connectivity index (χ1v) is 16.5. The largest absolute Gasteiger partial charge is 0.396 e. The van der Waals surface area contributed by atoms with E-state index in [4.69, 9.17) is 4.74 Å². The monoisotopic (exact) mass is 620 g/mol. The number of carbonyl (C=O) groups excluding carboxylic acids is 3. The van der Waals surface area contributed by atoms with Crippen LogP contribution >= 0.6 is 0 Å². The highest BCUT2D eigenvalue weighted by Crippen LogP contribution is 2.64. The second-order valence-electron chi connectivity index (χ2n) is 12.6. The molecule has 45 heavy (non-hydrogen) atoms. The number of hydrogen-bond acceptors (Lipinski definition) is 7. The molecule has 0 aliphatic carbocycles. The van der Waals surface area contributed by atoms with Crippen LogP contribution in [-0.2, 0) is 25.8 Å². The lowest BCUT2D eigenvalue weighted by Gasteiger charge is -2.37. The number of nitrogens with zero attached hydrogens (tertiary/aromatic N) is 6. The number of hydrogen-bond donors (Lipinski definition) is 1. The Balaban J connectivity index is 1.53. The van der Waals surface area contributed by atoms with Crippen molar-refractivity contribution >= 4 is 28.8 Å². The molecule has 1 aromatic carbocycles. The Hall–Kier alpha value is -3.57. The van der Waals surface area contributed by atoms with Crippen LogP contribution in [0, 0.1) is 11.8 Å². The summed E-state index contributed by atoms with van der Waals surface area (Å²) in [6.07, 6.45) is 8.92. The number of para-hydroxylation sites is 1. The van der Waals surface area contributed by atoms with E-state index in [9.17, 15) is 19.5 Å². The van der Waals surface area contributed by atoms with Crippen molar-refractivity contribution in [1.29, 1.82) is 0 Å². The molecule has 0 saturated carbocycles. The van der Waals surface area contributed by atoms with Gasteiger partial charge in [-0.25, -0.2) is 4.68 Å². The summed E-state index contributed by atoms with van der Waals surface area (Å²) in [5, 5.41) is 17.8. The maximum absolute atomic E-state index is 14.8. The standard InChI is InChI=1S/C34H48N6O5/c1-5-19-37(20-6-2)30(42)27-28-31(43)39(22-13-9-10-14-23-41)29(34(28)18-17-33(27,8-4)45-34)32(44)38(21-7-3)24-40-26-16-12-11-15-25(26)35-36-40/h5,7,11-12,15-16,27-29,41H,1,3,6,8-10,13-14,17-24H2,2,4H3/t27-,28+,29?,33+,34?/m1/s1. The van der Waals surface area contributed by atoms with E-state index in [1.54, 1.807) is 31.5 Å². The Kier molecular flexibility index (Phi) is 10.1. The highest BCUT2D eigenvalue weighted by atomic mass is 16.5. The minimum atomic E-state index is -1.11. The number of rotatable bonds is 17. The summed E-state index contributed by atoms with van der Waals surface area (Å²) in [6, 6.07) is 6.69. The molecule has 3 saturated heterocycles. The number of benzene rings is 1. The van der Waals surface area contributed by atoms with Gasteiger partial charge in [0.15, 0.2) is 0 Å². The zero-order valence-corrected chi connectivity index (χ0v) is 26.8. The van der Waals surface area contributed by atoms with Crippen molar-refractivity contribution in [2.75, 3.05) is 32.8 Å². The minimum absolute atomic E-state index is 0.0912. The van der Waals surface area contributed by atoms with E-state index >= 15 is 0 Å². The van der Waals surface area contributed by atoms with Gasteiger partial charge in [-0.2, -0.15) is 0 Å². The number of aliphatic hydroxyl groups excluding tert-OH is 1. The van der Waals surface area contributed by atoms with Gasteiger partial charge in [0.05, 0.1) is 23.0 Å². The number of likely N-dealkylation sites (tertiary alicyclic amines) is 1. The summed E-state index contributed by atoms with van der Waals surface area (Å²) in [5.74, 6) is -1.92. The Morgan fingerprint density at radius 3 is 2.51 bits per heavy atom. The van der Waals surface area contributed by atoms with Crippen molar-refractivity contribution in [2.45, 2.75) is 89.1 Å². The maximum Gasteiger partial charge on any atom is 0.250 e. The molecule has 11 nitrogen and oxygen atoms in total. The lowest BCUT2D eigenvalue weighted by molar-refractivity contribution is -0.155. The highest BCUT2D eigenvalue weighted by molar-refractivity contribution is 5.99. The Morgan fingerprint density at radius 1 is 1.07 bits per heavy atom. The fraction of sp³-hybridized carbons (Fsp3) is 0.618. The first-order chi connectivity index (χ1) is 21.8. The third-order valence-corrected chi connectivity index (χ3v) is 10.0. The molecule has 2 bridgehead atoms. The van der Waals surface area contributed by atoms with Crippen LogP contribution in [-0.4, -0.2) is 103 Å². The molecule has 3 fully saturated rings. The Morgan fingerprint density at radius 2 is 1.80 bits per heavy atom. The molecule has 1 N–H and O–H groups in total. The smallest absolute Gasteiger partial charge is 0.250 e. The van der Waals surface area contributed by atoms with Gasteiger partial charge in [-0.15, -0.1) is 18.3 Å². The van der Waals surface area contributed by atoms with Crippen LogP contribution in [0.1, 0.15) is 65.2 Å². The van der Waals surface area contributed by atoms with Crippen molar-refractivity contribution in [3.63, 3.8) is 0 Å². The van der Waals surface area contributed by atoms with Gasteiger partial charge < -0.3 is 24.5 Å². The first kappa shape index (κ1) is 32.8. The SMILES string of the molecule is C=CCN(Cn1nnc2ccccc21)C(=O)C1N(CCCCCCO)C(=O)[C@@H]2[C@H](C(=O)N(CC=C)CCC)[C@]3(CC)CCC12O3. The zero-order chi connectivity index (χ0) is 32.2. The van der Waals surface area contributed by atoms with Crippen molar-refractivity contribution in [1.82, 2.24) is 29.7 Å². The molecule has 3 amide bonds. The topological polar surface area (TPSA) is 121 Å². The van der Waals surface area contributed by atoms with Crippen LogP contribution < -0.4 is 0 Å². The summed E-state index contributed by atoms with van der Waals surface area (Å²) in [6.45, 7) is 13.6. The van der Waals surface area contributed by atoms with Crippen LogP contribution in [0.3, 0.4) is 0 Å². The Labute approximate surface area is 265 Å². The summed E-state index contributed by atoms with van der Waals surface area (Å²) in [4.78, 5) is 48.9. The third-order valence-electron chi connectivity index (χ3n) is 10.0. The number of aromatic nitrogens is 3. The number of amides is 3. The van der Waals surface area contributed by atoms with Crippen molar-refractivity contribution in [2.24, 2.45) is 11.8 Å². The average molecular weight is 621 g/mol. The number of aliphatic hydroxyl groups is 1. The van der Waals surface area contributed by atoms with Crippen LogP contribution in [0.25, 0.3) is 11.0 Å². The molecule has 3 aliphatic rings. The zero-order valence-electron chi connectivity index (χ0n) is 26.8. The summed E-state index contributed by atoms with van der Waals surface area (Å²) in [7, 11) is 0. The van der Waals surface area contributed by atoms with E-state index in [0.29, 0.717) is 51.7 Å². The number of ether oxygens (including phenoxy) is 1. The molecule has 4 heterocycles. The van der Waals surface area contributed by atoms with Crippen molar-refractivity contribution < 1.29 is 24.2 Å². The molecular formula is C34H48N6O5. The number of unbranched alkanes of at least 4 members (excludes halogenated alkanes) is 3. The lowest BCUT2D eigenvalue weighted by Crippen LogP contribution is -2.56. The van der Waals surface area contributed by atoms with Gasteiger partial charge in [0.1, 0.15) is 23.8 Å². The fourth-order valence-electron chi connectivity index (χ4n) is 8.00. The van der Waals surface area contributed by atoms with Crippen LogP contribution in [0.15, 0.2) is 49.6 Å². The third kappa shape index (κ3) is 5.69. The van der Waals surface area contributed by atoms with Gasteiger partial charge in [0.25, 0.3) is 0 Å². The molecule has 0 radical (unpaired) electrons. The van der Waals surface area contributed by atoms with E-state index in [1.165, 1.54) is 0 Å². The van der Waals surface area contributed by atoms with Crippen molar-refractivity contribution in [3.05, 3.63) is 49.6 Å². The van der Waals surface area contributed by atoms with E-state index < -0.39 is 29.1 Å². The maximum atomic E-state index is 14.8. The average Bonchev–Trinajstić information content (AvgIpc) is 3.77.